The monoisotopic (exact) mass is 493 g/mol. The van der Waals surface area contributed by atoms with Crippen molar-refractivity contribution < 1.29 is 14.0 Å². The molecule has 0 bridgehead atoms. The highest BCUT2D eigenvalue weighted by molar-refractivity contribution is 9.10. The van der Waals surface area contributed by atoms with Crippen LogP contribution in [-0.2, 0) is 13.2 Å². The Morgan fingerprint density at radius 3 is 2.63 bits per heavy atom. The van der Waals surface area contributed by atoms with Gasteiger partial charge in [-0.25, -0.2) is 0 Å². The van der Waals surface area contributed by atoms with Gasteiger partial charge in [-0.2, -0.15) is 0 Å². The van der Waals surface area contributed by atoms with Crippen molar-refractivity contribution >= 4 is 27.5 Å². The summed E-state index contributed by atoms with van der Waals surface area (Å²) in [5.74, 6) is 2.34. The third kappa shape index (κ3) is 7.02. The quantitative estimate of drug-likeness (QED) is 0.353. The Morgan fingerprint density at radius 1 is 1.20 bits per heavy atom. The Balaban J connectivity index is 1.74. The average molecular weight is 495 g/mol. The first-order valence-corrected chi connectivity index (χ1v) is 11.5. The molecule has 2 aromatic carbocycles. The summed E-state index contributed by atoms with van der Waals surface area (Å²) in [6.07, 6.45) is 3.01. The van der Waals surface area contributed by atoms with Crippen LogP contribution >= 0.6 is 27.5 Å². The molecule has 1 unspecified atom stereocenters. The van der Waals surface area contributed by atoms with Gasteiger partial charge >= 0.3 is 0 Å². The van der Waals surface area contributed by atoms with E-state index in [2.05, 4.69) is 54.1 Å². The highest BCUT2D eigenvalue weighted by atomic mass is 79.9. The maximum absolute atomic E-state index is 6.13. The van der Waals surface area contributed by atoms with E-state index in [1.165, 1.54) is 12.0 Å². The Labute approximate surface area is 193 Å². The van der Waals surface area contributed by atoms with Gasteiger partial charge in [0.1, 0.15) is 31.3 Å². The van der Waals surface area contributed by atoms with E-state index in [0.29, 0.717) is 18.2 Å². The zero-order valence-corrected chi connectivity index (χ0v) is 20.1. The number of ether oxygens (including phenoxy) is 2. The van der Waals surface area contributed by atoms with E-state index < -0.39 is 0 Å². The lowest BCUT2D eigenvalue weighted by Crippen LogP contribution is -2.43. The molecule has 2 aromatic rings. The molecule has 0 amide bonds. The number of quaternary nitrogens is 1. The fourth-order valence-electron chi connectivity index (χ4n) is 3.97. The van der Waals surface area contributed by atoms with Crippen molar-refractivity contribution in [3.05, 3.63) is 69.7 Å². The molecule has 0 radical (unpaired) electrons. The van der Waals surface area contributed by atoms with Crippen molar-refractivity contribution in [1.29, 1.82) is 0 Å². The van der Waals surface area contributed by atoms with E-state index in [1.807, 2.05) is 24.3 Å². The smallest absolute Gasteiger partial charge is 0.124 e. The standard InChI is InChI=1S/C24H31BrClN2O2/c1-4-9-29-22-10-19(16-28(2,3)15-18-7-8-27-14-18)11-23(13-22)30-17-20-5-6-21(26)12-24(20)25/h4-6,10-13,18,27H,1,7-9,14-17H2,2-3H3/q+1. The molecule has 6 heteroatoms. The van der Waals surface area contributed by atoms with Crippen LogP contribution in [0.15, 0.2) is 53.5 Å². The summed E-state index contributed by atoms with van der Waals surface area (Å²) in [5, 5.41) is 4.17. The molecule has 0 aromatic heterocycles. The minimum atomic E-state index is 0.452. The molecule has 1 atom stereocenters. The summed E-state index contributed by atoms with van der Waals surface area (Å²) >= 11 is 9.60. The molecule has 1 aliphatic heterocycles. The summed E-state index contributed by atoms with van der Waals surface area (Å²) in [4.78, 5) is 0. The molecule has 4 nitrogen and oxygen atoms in total. The van der Waals surface area contributed by atoms with Crippen LogP contribution in [0.5, 0.6) is 11.5 Å². The number of nitrogens with one attached hydrogen (secondary N) is 1. The Bertz CT molecular complexity index is 866. The second-order valence-corrected chi connectivity index (χ2v) is 9.86. The Kier molecular flexibility index (Phi) is 8.23. The van der Waals surface area contributed by atoms with E-state index in [1.54, 1.807) is 6.08 Å². The highest BCUT2D eigenvalue weighted by Gasteiger charge is 2.25. The molecule has 1 fully saturated rings. The summed E-state index contributed by atoms with van der Waals surface area (Å²) in [7, 11) is 4.59. The van der Waals surface area contributed by atoms with Crippen LogP contribution in [0.2, 0.25) is 5.02 Å². The fraction of sp³-hybridized carbons (Fsp3) is 0.417. The zero-order valence-electron chi connectivity index (χ0n) is 17.8. The van der Waals surface area contributed by atoms with Crippen LogP contribution in [0.25, 0.3) is 0 Å². The van der Waals surface area contributed by atoms with Gasteiger partial charge in [0.25, 0.3) is 0 Å². The molecule has 0 spiro atoms. The van der Waals surface area contributed by atoms with Gasteiger partial charge < -0.3 is 19.3 Å². The van der Waals surface area contributed by atoms with Gasteiger partial charge in [0, 0.05) is 39.2 Å². The SMILES string of the molecule is C=CCOc1cc(C[N+](C)(C)CC2CCNC2)cc(OCc2ccc(Cl)cc2Br)c1. The van der Waals surface area contributed by atoms with Crippen molar-refractivity contribution in [3.63, 3.8) is 0 Å². The van der Waals surface area contributed by atoms with Gasteiger partial charge in [-0.3, -0.25) is 0 Å². The Hall–Kier alpha value is -1.53. The van der Waals surface area contributed by atoms with E-state index in [4.69, 9.17) is 21.1 Å². The molecular weight excluding hydrogens is 464 g/mol. The molecular formula is C24H31BrClN2O2+. The lowest BCUT2D eigenvalue weighted by molar-refractivity contribution is -0.906. The van der Waals surface area contributed by atoms with E-state index in [9.17, 15) is 0 Å². The minimum Gasteiger partial charge on any atom is -0.489 e. The third-order valence-corrected chi connectivity index (χ3v) is 6.22. The largest absolute Gasteiger partial charge is 0.489 e. The zero-order chi connectivity index (χ0) is 21.6. The third-order valence-electron chi connectivity index (χ3n) is 5.24. The molecule has 1 N–H and O–H groups in total. The number of nitrogens with zero attached hydrogens (tertiary/aromatic N) is 1. The van der Waals surface area contributed by atoms with Crippen LogP contribution in [0.1, 0.15) is 17.5 Å². The first-order valence-electron chi connectivity index (χ1n) is 10.3. The van der Waals surface area contributed by atoms with Gasteiger partial charge in [-0.15, -0.1) is 0 Å². The number of halogens is 2. The van der Waals surface area contributed by atoms with Crippen molar-refractivity contribution in [2.24, 2.45) is 5.92 Å². The number of hydrogen-bond acceptors (Lipinski definition) is 3. The first kappa shape index (κ1) is 23.1. The Morgan fingerprint density at radius 2 is 1.97 bits per heavy atom. The molecule has 3 rings (SSSR count). The van der Waals surface area contributed by atoms with Crippen LogP contribution in [0, 0.1) is 5.92 Å². The molecule has 1 saturated heterocycles. The lowest BCUT2D eigenvalue weighted by atomic mass is 10.1. The predicted octanol–water partition coefficient (Wildman–Crippen LogP) is 5.43. The molecule has 162 valence electrons. The number of rotatable bonds is 10. The summed E-state index contributed by atoms with van der Waals surface area (Å²) < 4.78 is 13.8. The van der Waals surface area contributed by atoms with Crippen LogP contribution in [0.4, 0.5) is 0 Å². The van der Waals surface area contributed by atoms with Gasteiger partial charge in [0.05, 0.1) is 20.6 Å². The van der Waals surface area contributed by atoms with E-state index in [-0.39, 0.29) is 0 Å². The predicted molar refractivity (Wildman–Crippen MR) is 127 cm³/mol. The average Bonchev–Trinajstić information content (AvgIpc) is 3.17. The van der Waals surface area contributed by atoms with Crippen molar-refractivity contribution in [3.8, 4) is 11.5 Å². The summed E-state index contributed by atoms with van der Waals surface area (Å²) in [5.41, 5.74) is 2.25. The van der Waals surface area contributed by atoms with E-state index in [0.717, 1.165) is 58.1 Å². The van der Waals surface area contributed by atoms with Crippen molar-refractivity contribution in [2.45, 2.75) is 19.6 Å². The lowest BCUT2D eigenvalue weighted by Gasteiger charge is -2.32. The topological polar surface area (TPSA) is 30.5 Å². The molecule has 30 heavy (non-hydrogen) atoms. The van der Waals surface area contributed by atoms with E-state index >= 15 is 0 Å². The second-order valence-electron chi connectivity index (χ2n) is 8.57. The van der Waals surface area contributed by atoms with Gasteiger partial charge in [0.2, 0.25) is 0 Å². The summed E-state index contributed by atoms with van der Waals surface area (Å²) in [6, 6.07) is 11.9. The van der Waals surface area contributed by atoms with Gasteiger partial charge in [-0.05, 0) is 37.2 Å². The molecule has 0 aliphatic carbocycles. The fourth-order valence-corrected chi connectivity index (χ4v) is 4.77. The van der Waals surface area contributed by atoms with Crippen molar-refractivity contribution in [2.75, 3.05) is 40.3 Å². The van der Waals surface area contributed by atoms with Crippen LogP contribution in [-0.4, -0.2) is 44.8 Å². The maximum atomic E-state index is 6.13. The highest BCUT2D eigenvalue weighted by Crippen LogP contribution is 2.28. The number of benzene rings is 2. The van der Waals surface area contributed by atoms with Gasteiger partial charge in [-0.1, -0.05) is 46.3 Å². The number of hydrogen-bond donors (Lipinski definition) is 1. The molecule has 0 saturated carbocycles. The van der Waals surface area contributed by atoms with Crippen molar-refractivity contribution in [1.82, 2.24) is 5.32 Å². The molecule has 1 heterocycles. The second kappa shape index (κ2) is 10.7. The molecule has 1 aliphatic rings. The van der Waals surface area contributed by atoms with Crippen LogP contribution in [0.3, 0.4) is 0 Å². The first-order chi connectivity index (χ1) is 14.3. The van der Waals surface area contributed by atoms with Crippen LogP contribution < -0.4 is 14.8 Å². The van der Waals surface area contributed by atoms with Gasteiger partial charge in [0.15, 0.2) is 0 Å². The normalized spacial score (nSPS) is 16.5. The summed E-state index contributed by atoms with van der Waals surface area (Å²) in [6.45, 7) is 8.99. The maximum Gasteiger partial charge on any atom is 0.124 e. The minimum absolute atomic E-state index is 0.452.